The molecule has 1 aliphatic heterocycles. The second-order valence-corrected chi connectivity index (χ2v) is 6.75. The van der Waals surface area contributed by atoms with Crippen molar-refractivity contribution in [3.05, 3.63) is 69.1 Å². The lowest BCUT2D eigenvalue weighted by molar-refractivity contribution is -0.384. The number of benzene rings is 2. The molecular formula is C17H12N2O4S2. The first-order valence-corrected chi connectivity index (χ1v) is 8.38. The summed E-state index contributed by atoms with van der Waals surface area (Å²) in [5.41, 5.74) is 1.15. The van der Waals surface area contributed by atoms with Gasteiger partial charge in [0.05, 0.1) is 22.6 Å². The lowest BCUT2D eigenvalue weighted by Crippen LogP contribution is -2.27. The number of thioether (sulfide) groups is 1. The summed E-state index contributed by atoms with van der Waals surface area (Å²) < 4.78 is 5.57. The van der Waals surface area contributed by atoms with Crippen molar-refractivity contribution in [3.8, 4) is 5.75 Å². The summed E-state index contributed by atoms with van der Waals surface area (Å²) in [6.45, 7) is 0. The minimum Gasteiger partial charge on any atom is -0.497 e. The van der Waals surface area contributed by atoms with Gasteiger partial charge in [-0.3, -0.25) is 19.8 Å². The van der Waals surface area contributed by atoms with E-state index in [4.69, 9.17) is 17.0 Å². The summed E-state index contributed by atoms with van der Waals surface area (Å²) in [7, 11) is 1.55. The van der Waals surface area contributed by atoms with E-state index in [0.29, 0.717) is 26.2 Å². The van der Waals surface area contributed by atoms with Gasteiger partial charge in [-0.15, -0.1) is 0 Å². The Morgan fingerprint density at radius 1 is 1.24 bits per heavy atom. The highest BCUT2D eigenvalue weighted by molar-refractivity contribution is 8.27. The maximum atomic E-state index is 12.7. The lowest BCUT2D eigenvalue weighted by atomic mass is 10.2. The number of thiocarbonyl (C=S) groups is 1. The number of hydrogen-bond acceptors (Lipinski definition) is 6. The molecule has 0 N–H and O–H groups in total. The van der Waals surface area contributed by atoms with Crippen LogP contribution in [-0.4, -0.2) is 22.3 Å². The second-order valence-electron chi connectivity index (χ2n) is 5.07. The van der Waals surface area contributed by atoms with E-state index in [1.165, 1.54) is 17.0 Å². The maximum absolute atomic E-state index is 12.7. The molecule has 0 bridgehead atoms. The Morgan fingerprint density at radius 3 is 2.72 bits per heavy atom. The molecule has 1 heterocycles. The van der Waals surface area contributed by atoms with Crippen LogP contribution in [0.25, 0.3) is 6.08 Å². The number of carbonyl (C=O) groups excluding carboxylic acids is 1. The van der Waals surface area contributed by atoms with Crippen LogP contribution in [0.3, 0.4) is 0 Å². The van der Waals surface area contributed by atoms with Gasteiger partial charge >= 0.3 is 0 Å². The smallest absolute Gasteiger partial charge is 0.270 e. The van der Waals surface area contributed by atoms with Crippen molar-refractivity contribution < 1.29 is 14.5 Å². The largest absolute Gasteiger partial charge is 0.497 e. The van der Waals surface area contributed by atoms with Crippen LogP contribution in [0.15, 0.2) is 53.4 Å². The Kier molecular flexibility index (Phi) is 4.82. The van der Waals surface area contributed by atoms with Gasteiger partial charge in [0.25, 0.3) is 11.6 Å². The average Bonchev–Trinajstić information content (AvgIpc) is 2.88. The number of amides is 1. The quantitative estimate of drug-likeness (QED) is 0.349. The summed E-state index contributed by atoms with van der Waals surface area (Å²) in [5.74, 6) is 0.351. The molecule has 0 atom stereocenters. The zero-order chi connectivity index (χ0) is 18.0. The average molecular weight is 372 g/mol. The van der Waals surface area contributed by atoms with Crippen LogP contribution in [0.4, 0.5) is 11.4 Å². The third-order valence-electron chi connectivity index (χ3n) is 3.48. The molecule has 0 saturated carbocycles. The number of anilines is 1. The predicted octanol–water partition coefficient (Wildman–Crippen LogP) is 4.01. The number of non-ortho nitro benzene ring substituents is 1. The van der Waals surface area contributed by atoms with Crippen molar-refractivity contribution in [1.82, 2.24) is 0 Å². The van der Waals surface area contributed by atoms with Crippen molar-refractivity contribution in [1.29, 1.82) is 0 Å². The van der Waals surface area contributed by atoms with Crippen LogP contribution in [-0.2, 0) is 4.79 Å². The van der Waals surface area contributed by atoms with Crippen LogP contribution in [0.1, 0.15) is 5.56 Å². The number of hydrogen-bond donors (Lipinski definition) is 0. The minimum absolute atomic E-state index is 0.0305. The number of ether oxygens (including phenoxy) is 1. The molecule has 0 spiro atoms. The van der Waals surface area contributed by atoms with Gasteiger partial charge in [-0.2, -0.15) is 0 Å². The summed E-state index contributed by atoms with van der Waals surface area (Å²) in [5, 5.41) is 10.9. The standard InChI is InChI=1S/C17H12N2O4S2/c1-23-14-7-3-5-12(10-14)18-16(20)15(25-17(18)24)9-11-4-2-6-13(8-11)19(21)22/h2-10H,1H3. The van der Waals surface area contributed by atoms with Gasteiger partial charge < -0.3 is 4.74 Å². The van der Waals surface area contributed by atoms with Crippen LogP contribution in [0.5, 0.6) is 5.75 Å². The van der Waals surface area contributed by atoms with Gasteiger partial charge in [0.2, 0.25) is 0 Å². The van der Waals surface area contributed by atoms with Gasteiger partial charge in [0.1, 0.15) is 5.75 Å². The molecule has 8 heteroatoms. The van der Waals surface area contributed by atoms with Crippen molar-refractivity contribution in [2.75, 3.05) is 12.0 Å². The molecule has 25 heavy (non-hydrogen) atoms. The molecule has 0 radical (unpaired) electrons. The monoisotopic (exact) mass is 372 g/mol. The van der Waals surface area contributed by atoms with Crippen LogP contribution in [0, 0.1) is 10.1 Å². The van der Waals surface area contributed by atoms with Crippen molar-refractivity contribution >= 4 is 51.7 Å². The third-order valence-corrected chi connectivity index (χ3v) is 4.79. The molecule has 2 aromatic carbocycles. The van der Waals surface area contributed by atoms with E-state index in [0.717, 1.165) is 11.8 Å². The Labute approximate surface area is 153 Å². The van der Waals surface area contributed by atoms with Gasteiger partial charge in [-0.05, 0) is 23.8 Å². The van der Waals surface area contributed by atoms with Crippen LogP contribution in [0.2, 0.25) is 0 Å². The van der Waals surface area contributed by atoms with Crippen LogP contribution >= 0.6 is 24.0 Å². The number of methoxy groups -OCH3 is 1. The number of nitrogens with zero attached hydrogens (tertiary/aromatic N) is 2. The van der Waals surface area contributed by atoms with Gasteiger partial charge in [0.15, 0.2) is 4.32 Å². The zero-order valence-corrected chi connectivity index (χ0v) is 14.7. The van der Waals surface area contributed by atoms with E-state index in [2.05, 4.69) is 0 Å². The molecule has 0 unspecified atom stereocenters. The van der Waals surface area contributed by atoms with E-state index < -0.39 is 4.92 Å². The zero-order valence-electron chi connectivity index (χ0n) is 13.0. The molecule has 0 aromatic heterocycles. The van der Waals surface area contributed by atoms with E-state index in [1.807, 2.05) is 0 Å². The summed E-state index contributed by atoms with van der Waals surface area (Å²) >= 11 is 6.48. The minimum atomic E-state index is -0.473. The van der Waals surface area contributed by atoms with Crippen molar-refractivity contribution in [3.63, 3.8) is 0 Å². The Balaban J connectivity index is 1.93. The number of carbonyl (C=O) groups is 1. The Morgan fingerprint density at radius 2 is 2.00 bits per heavy atom. The Hall–Kier alpha value is -2.71. The van der Waals surface area contributed by atoms with E-state index in [9.17, 15) is 14.9 Å². The highest BCUT2D eigenvalue weighted by atomic mass is 32.2. The van der Waals surface area contributed by atoms with E-state index >= 15 is 0 Å². The molecule has 6 nitrogen and oxygen atoms in total. The molecule has 3 rings (SSSR count). The summed E-state index contributed by atoms with van der Waals surface area (Å²) in [4.78, 5) is 24.9. The normalized spacial score (nSPS) is 15.7. The van der Waals surface area contributed by atoms with Crippen molar-refractivity contribution in [2.24, 2.45) is 0 Å². The highest BCUT2D eigenvalue weighted by Crippen LogP contribution is 2.37. The molecule has 1 fully saturated rings. The fourth-order valence-electron chi connectivity index (χ4n) is 2.32. The topological polar surface area (TPSA) is 72.7 Å². The summed E-state index contributed by atoms with van der Waals surface area (Å²) in [6, 6.07) is 13.1. The fraction of sp³-hybridized carbons (Fsp3) is 0.0588. The molecule has 0 aliphatic carbocycles. The first-order valence-electron chi connectivity index (χ1n) is 7.16. The fourth-order valence-corrected chi connectivity index (χ4v) is 3.62. The van der Waals surface area contributed by atoms with Gasteiger partial charge in [-0.25, -0.2) is 0 Å². The maximum Gasteiger partial charge on any atom is 0.270 e. The number of nitro benzene ring substituents is 1. The lowest BCUT2D eigenvalue weighted by Gasteiger charge is -2.15. The van der Waals surface area contributed by atoms with E-state index in [1.54, 1.807) is 49.6 Å². The molecule has 126 valence electrons. The van der Waals surface area contributed by atoms with Crippen LogP contribution < -0.4 is 9.64 Å². The van der Waals surface area contributed by atoms with E-state index in [-0.39, 0.29) is 11.6 Å². The highest BCUT2D eigenvalue weighted by Gasteiger charge is 2.33. The van der Waals surface area contributed by atoms with Crippen molar-refractivity contribution in [2.45, 2.75) is 0 Å². The third kappa shape index (κ3) is 3.54. The van der Waals surface area contributed by atoms with Gasteiger partial charge in [0, 0.05) is 18.2 Å². The summed E-state index contributed by atoms with van der Waals surface area (Å²) in [6.07, 6.45) is 1.60. The number of nitro groups is 1. The predicted molar refractivity (Wildman–Crippen MR) is 102 cm³/mol. The molecule has 1 aliphatic rings. The molecule has 1 amide bonds. The SMILES string of the molecule is COc1cccc(N2C(=O)C(=Cc3cccc([N+](=O)[O-])c3)SC2=S)c1. The molecule has 1 saturated heterocycles. The van der Waals surface area contributed by atoms with Gasteiger partial charge in [-0.1, -0.05) is 42.2 Å². The molecule has 2 aromatic rings. The second kappa shape index (κ2) is 7.04. The molecular weight excluding hydrogens is 360 g/mol. The first kappa shape index (κ1) is 17.1. The first-order chi connectivity index (χ1) is 12.0. The number of rotatable bonds is 4. The Bertz CT molecular complexity index is 911.